The molecule has 26 heavy (non-hydrogen) atoms. The lowest BCUT2D eigenvalue weighted by atomic mass is 10.0. The number of rotatable bonds is 4. The molecule has 0 aliphatic carbocycles. The molecule has 1 aromatic carbocycles. The smallest absolute Gasteiger partial charge is 0.378 e. The first-order valence-corrected chi connectivity index (χ1v) is 6.86. The lowest BCUT2D eigenvalue weighted by Gasteiger charge is -2.22. The molecule has 0 aliphatic heterocycles. The molecular weight excluding hydrogens is 424 g/mol. The SMILES string of the molecule is Br.CC(O)(Cn1cc(F)cn1)C(=O)Nc1ccc(C#N)c(C(F)(F)F)c1. The minimum absolute atomic E-state index is 0. The van der Waals surface area contributed by atoms with Crippen LogP contribution >= 0.6 is 17.0 Å². The Hall–Kier alpha value is -2.45. The summed E-state index contributed by atoms with van der Waals surface area (Å²) in [5, 5.41) is 24.6. The molecule has 6 nitrogen and oxygen atoms in total. The second kappa shape index (κ2) is 7.84. The van der Waals surface area contributed by atoms with Gasteiger partial charge in [0.05, 0.1) is 36.1 Å². The number of halogens is 5. The van der Waals surface area contributed by atoms with E-state index in [-0.39, 0.29) is 22.7 Å². The largest absolute Gasteiger partial charge is 0.417 e. The number of nitrogens with zero attached hydrogens (tertiary/aromatic N) is 3. The number of carbonyl (C=O) groups excluding carboxylic acids is 1. The van der Waals surface area contributed by atoms with Gasteiger partial charge in [0.15, 0.2) is 11.4 Å². The number of carbonyl (C=O) groups is 1. The number of amides is 1. The highest BCUT2D eigenvalue weighted by molar-refractivity contribution is 8.93. The molecule has 0 bridgehead atoms. The fourth-order valence-corrected chi connectivity index (χ4v) is 2.03. The fourth-order valence-electron chi connectivity index (χ4n) is 2.03. The molecule has 140 valence electrons. The highest BCUT2D eigenvalue weighted by Crippen LogP contribution is 2.33. The minimum Gasteiger partial charge on any atom is -0.378 e. The lowest BCUT2D eigenvalue weighted by Crippen LogP contribution is -2.43. The number of aliphatic hydroxyl groups is 1. The first-order chi connectivity index (χ1) is 11.5. The number of aromatic nitrogens is 2. The Morgan fingerprint density at radius 3 is 2.58 bits per heavy atom. The summed E-state index contributed by atoms with van der Waals surface area (Å²) in [4.78, 5) is 12.1. The van der Waals surface area contributed by atoms with Crippen LogP contribution in [0.5, 0.6) is 0 Å². The van der Waals surface area contributed by atoms with E-state index in [9.17, 15) is 27.5 Å². The molecule has 0 aliphatic rings. The summed E-state index contributed by atoms with van der Waals surface area (Å²) < 4.78 is 52.6. The van der Waals surface area contributed by atoms with Crippen LogP contribution in [-0.2, 0) is 17.5 Å². The Kier molecular flexibility index (Phi) is 6.51. The second-order valence-electron chi connectivity index (χ2n) is 5.45. The maximum Gasteiger partial charge on any atom is 0.417 e. The van der Waals surface area contributed by atoms with Gasteiger partial charge in [-0.05, 0) is 25.1 Å². The average Bonchev–Trinajstić information content (AvgIpc) is 2.90. The fraction of sp³-hybridized carbons (Fsp3) is 0.267. The number of anilines is 1. The monoisotopic (exact) mass is 436 g/mol. The Balaban J connectivity index is 0.00000338. The van der Waals surface area contributed by atoms with Gasteiger partial charge in [-0.1, -0.05) is 0 Å². The zero-order valence-electron chi connectivity index (χ0n) is 13.2. The third kappa shape index (κ3) is 5.03. The number of alkyl halides is 3. The summed E-state index contributed by atoms with van der Waals surface area (Å²) in [5.41, 5.74) is -4.11. The first-order valence-electron chi connectivity index (χ1n) is 6.86. The highest BCUT2D eigenvalue weighted by atomic mass is 79.9. The van der Waals surface area contributed by atoms with E-state index in [2.05, 4.69) is 10.4 Å². The zero-order valence-corrected chi connectivity index (χ0v) is 14.9. The van der Waals surface area contributed by atoms with Crippen molar-refractivity contribution in [2.75, 3.05) is 5.32 Å². The number of nitriles is 1. The van der Waals surface area contributed by atoms with Gasteiger partial charge < -0.3 is 10.4 Å². The molecular formula is C15H13BrF4N4O2. The van der Waals surface area contributed by atoms with Crippen molar-refractivity contribution < 1.29 is 27.5 Å². The van der Waals surface area contributed by atoms with E-state index < -0.39 is 41.2 Å². The Morgan fingerprint density at radius 2 is 2.08 bits per heavy atom. The molecule has 1 heterocycles. The molecule has 0 fully saturated rings. The summed E-state index contributed by atoms with van der Waals surface area (Å²) in [6.07, 6.45) is -2.95. The van der Waals surface area contributed by atoms with Crippen molar-refractivity contribution in [3.63, 3.8) is 0 Å². The van der Waals surface area contributed by atoms with E-state index in [0.717, 1.165) is 36.1 Å². The number of hydrogen-bond acceptors (Lipinski definition) is 4. The van der Waals surface area contributed by atoms with Crippen LogP contribution in [0.25, 0.3) is 0 Å². The van der Waals surface area contributed by atoms with Gasteiger partial charge in [0.2, 0.25) is 0 Å². The van der Waals surface area contributed by atoms with Crippen molar-refractivity contribution in [1.82, 2.24) is 9.78 Å². The molecule has 2 rings (SSSR count). The highest BCUT2D eigenvalue weighted by Gasteiger charge is 2.35. The van der Waals surface area contributed by atoms with Gasteiger partial charge in [-0.25, -0.2) is 4.39 Å². The summed E-state index contributed by atoms with van der Waals surface area (Å²) in [5.74, 6) is -1.68. The van der Waals surface area contributed by atoms with Crippen LogP contribution in [0.15, 0.2) is 30.6 Å². The first kappa shape index (κ1) is 21.6. The van der Waals surface area contributed by atoms with Crippen molar-refractivity contribution in [3.8, 4) is 6.07 Å². The molecule has 2 N–H and O–H groups in total. The minimum atomic E-state index is -4.78. The van der Waals surface area contributed by atoms with Gasteiger partial charge in [-0.3, -0.25) is 9.48 Å². The second-order valence-corrected chi connectivity index (χ2v) is 5.45. The Morgan fingerprint density at radius 1 is 1.42 bits per heavy atom. The lowest BCUT2D eigenvalue weighted by molar-refractivity contribution is -0.138. The quantitative estimate of drug-likeness (QED) is 0.720. The molecule has 0 spiro atoms. The van der Waals surface area contributed by atoms with Crippen LogP contribution in [-0.4, -0.2) is 26.4 Å². The van der Waals surface area contributed by atoms with Gasteiger partial charge in [-0.15, -0.1) is 17.0 Å². The van der Waals surface area contributed by atoms with Crippen molar-refractivity contribution in [1.29, 1.82) is 5.26 Å². The van der Waals surface area contributed by atoms with Crippen molar-refractivity contribution in [2.45, 2.75) is 25.2 Å². The molecule has 0 saturated heterocycles. The van der Waals surface area contributed by atoms with Gasteiger partial charge in [0.1, 0.15) is 0 Å². The summed E-state index contributed by atoms with van der Waals surface area (Å²) in [6.45, 7) is 0.696. The van der Waals surface area contributed by atoms with E-state index in [1.54, 1.807) is 0 Å². The molecule has 1 aromatic heterocycles. The molecule has 0 radical (unpaired) electrons. The Bertz CT molecular complexity index is 843. The van der Waals surface area contributed by atoms with Gasteiger partial charge in [0.25, 0.3) is 5.91 Å². The zero-order chi connectivity index (χ0) is 18.8. The van der Waals surface area contributed by atoms with Crippen molar-refractivity contribution in [3.05, 3.63) is 47.5 Å². The van der Waals surface area contributed by atoms with Crippen LogP contribution < -0.4 is 5.32 Å². The normalized spacial score (nSPS) is 13.3. The van der Waals surface area contributed by atoms with E-state index in [1.807, 2.05) is 0 Å². The van der Waals surface area contributed by atoms with Gasteiger partial charge in [0, 0.05) is 5.69 Å². The van der Waals surface area contributed by atoms with Crippen molar-refractivity contribution >= 4 is 28.6 Å². The predicted molar refractivity (Wildman–Crippen MR) is 87.9 cm³/mol. The molecule has 1 atom stereocenters. The van der Waals surface area contributed by atoms with Crippen LogP contribution in [0.4, 0.5) is 23.2 Å². The maximum absolute atomic E-state index is 12.9. The van der Waals surface area contributed by atoms with E-state index >= 15 is 0 Å². The van der Waals surface area contributed by atoms with Gasteiger partial charge in [-0.2, -0.15) is 23.5 Å². The van der Waals surface area contributed by atoms with E-state index in [0.29, 0.717) is 6.07 Å². The van der Waals surface area contributed by atoms with Crippen LogP contribution in [0.1, 0.15) is 18.1 Å². The topological polar surface area (TPSA) is 90.9 Å². The van der Waals surface area contributed by atoms with Crippen LogP contribution in [0.3, 0.4) is 0 Å². The maximum atomic E-state index is 12.9. The number of hydrogen-bond donors (Lipinski definition) is 2. The molecule has 11 heteroatoms. The standard InChI is InChI=1S/C15H12F4N4O2.BrH/c1-14(25,8-23-7-10(16)6-21-23)13(24)22-11-3-2-9(5-20)12(4-11)15(17,18)19;/h2-4,6-7,25H,8H2,1H3,(H,22,24);1H. The van der Waals surface area contributed by atoms with Crippen LogP contribution in [0, 0.1) is 17.1 Å². The third-order valence-corrected chi connectivity index (χ3v) is 3.26. The summed E-state index contributed by atoms with van der Waals surface area (Å²) in [6, 6.07) is 4.04. The predicted octanol–water partition coefficient (Wildman–Crippen LogP) is 2.88. The number of nitrogens with one attached hydrogen (secondary N) is 1. The number of benzene rings is 1. The van der Waals surface area contributed by atoms with Crippen LogP contribution in [0.2, 0.25) is 0 Å². The van der Waals surface area contributed by atoms with Crippen molar-refractivity contribution in [2.24, 2.45) is 0 Å². The summed E-state index contributed by atoms with van der Waals surface area (Å²) in [7, 11) is 0. The average molecular weight is 437 g/mol. The molecule has 0 saturated carbocycles. The third-order valence-electron chi connectivity index (χ3n) is 3.26. The summed E-state index contributed by atoms with van der Waals surface area (Å²) >= 11 is 0. The van der Waals surface area contributed by atoms with Gasteiger partial charge >= 0.3 is 6.18 Å². The van der Waals surface area contributed by atoms with E-state index in [1.165, 1.54) is 6.07 Å². The molecule has 1 amide bonds. The molecule has 1 unspecified atom stereocenters. The van der Waals surface area contributed by atoms with E-state index in [4.69, 9.17) is 5.26 Å². The Labute approximate surface area is 155 Å². The molecule has 2 aromatic rings.